The zero-order valence-electron chi connectivity index (χ0n) is 40.0. The number of allylic oxidation sites excluding steroid dienone is 5. The monoisotopic (exact) mass is 836 g/mol. The van der Waals surface area contributed by atoms with Gasteiger partial charge in [-0.3, -0.25) is 0 Å². The Kier molecular flexibility index (Phi) is 14.9. The van der Waals surface area contributed by atoms with E-state index in [0.717, 1.165) is 43.4 Å². The molecule has 5 heteroatoms. The minimum Gasteiger partial charge on any atom is -0.346 e. The van der Waals surface area contributed by atoms with Gasteiger partial charge in [0, 0.05) is 44.6 Å². The Morgan fingerprint density at radius 2 is 1.62 bits per heavy atom. The quantitative estimate of drug-likeness (QED) is 0.103. The molecule has 61 heavy (non-hydrogen) atoms. The molecule has 0 fully saturated rings. The Bertz CT molecular complexity index is 2160. The molecule has 5 atom stereocenters. The molecule has 1 aliphatic carbocycles. The van der Waals surface area contributed by atoms with E-state index in [1.165, 1.54) is 61.3 Å². The lowest BCUT2D eigenvalue weighted by Gasteiger charge is -2.45. The summed E-state index contributed by atoms with van der Waals surface area (Å²) < 4.78 is 2.82. The summed E-state index contributed by atoms with van der Waals surface area (Å²) in [6, 6.07) is 5.38. The molecule has 0 amide bonds. The highest BCUT2D eigenvalue weighted by atomic mass is 32.1. The van der Waals surface area contributed by atoms with Crippen LogP contribution in [0.4, 0.5) is 5.69 Å². The Balaban J connectivity index is 1.69. The molecule has 326 valence electrons. The predicted octanol–water partition coefficient (Wildman–Crippen LogP) is 15.0. The Hall–Kier alpha value is -4.22. The minimum atomic E-state index is 0.0421. The van der Waals surface area contributed by atoms with Crippen molar-refractivity contribution in [2.75, 3.05) is 4.90 Å². The van der Waals surface area contributed by atoms with Gasteiger partial charge < -0.3 is 14.7 Å². The molecule has 3 nitrogen and oxygen atoms in total. The van der Waals surface area contributed by atoms with E-state index >= 15 is 0 Å². The van der Waals surface area contributed by atoms with Gasteiger partial charge in [-0.15, -0.1) is 44.2 Å². The van der Waals surface area contributed by atoms with Gasteiger partial charge in [-0.1, -0.05) is 128 Å². The van der Waals surface area contributed by atoms with Crippen molar-refractivity contribution in [3.05, 3.63) is 158 Å². The van der Waals surface area contributed by atoms with Crippen LogP contribution in [0.1, 0.15) is 132 Å². The first-order valence-corrected chi connectivity index (χ1v) is 23.6. The predicted molar refractivity (Wildman–Crippen MR) is 275 cm³/mol. The second kappa shape index (κ2) is 19.0. The number of hydrogen-bond acceptors (Lipinski definition) is 4. The van der Waals surface area contributed by atoms with Crippen molar-refractivity contribution in [2.24, 2.45) is 17.3 Å². The van der Waals surface area contributed by atoms with Crippen LogP contribution in [0, 0.1) is 17.3 Å². The van der Waals surface area contributed by atoms with Crippen molar-refractivity contribution in [3.8, 4) is 0 Å². The summed E-state index contributed by atoms with van der Waals surface area (Å²) in [6.07, 6.45) is 26.6. The first-order chi connectivity index (χ1) is 28.6. The lowest BCUT2D eigenvalue weighted by Crippen LogP contribution is -2.53. The van der Waals surface area contributed by atoms with Gasteiger partial charge in [0.05, 0.1) is 23.8 Å². The number of nitrogens with zero attached hydrogens (tertiary/aromatic N) is 3. The van der Waals surface area contributed by atoms with Crippen LogP contribution >= 0.6 is 11.3 Å². The van der Waals surface area contributed by atoms with Crippen molar-refractivity contribution in [2.45, 2.75) is 150 Å². The molecule has 0 saturated heterocycles. The molecule has 2 aliphatic heterocycles. The van der Waals surface area contributed by atoms with Crippen LogP contribution in [0.3, 0.4) is 0 Å². The molecule has 0 saturated carbocycles. The lowest BCUT2D eigenvalue weighted by atomic mass is 9.39. The van der Waals surface area contributed by atoms with Gasteiger partial charge in [-0.05, 0) is 117 Å². The number of hydrogen-bond donors (Lipinski definition) is 0. The van der Waals surface area contributed by atoms with Gasteiger partial charge in [0.15, 0.2) is 0 Å². The summed E-state index contributed by atoms with van der Waals surface area (Å²) in [7, 11) is 0. The van der Waals surface area contributed by atoms with Crippen LogP contribution in [-0.2, 0) is 10.8 Å². The molecular weight excluding hydrogens is 758 g/mol. The lowest BCUT2D eigenvalue weighted by molar-refractivity contribution is 0.295. The second-order valence-corrected chi connectivity index (χ2v) is 21.9. The Labute approximate surface area is 377 Å². The first-order valence-electron chi connectivity index (χ1n) is 22.8. The summed E-state index contributed by atoms with van der Waals surface area (Å²) in [5.41, 5.74) is 10.8. The van der Waals surface area contributed by atoms with Gasteiger partial charge in [0.1, 0.15) is 0 Å². The minimum absolute atomic E-state index is 0.0421. The average Bonchev–Trinajstić information content (AvgIpc) is 3.56. The summed E-state index contributed by atoms with van der Waals surface area (Å²) in [5, 5.41) is 1.39. The van der Waals surface area contributed by atoms with Crippen LogP contribution in [0.25, 0.3) is 10.1 Å². The molecule has 0 bridgehead atoms. The van der Waals surface area contributed by atoms with Crippen LogP contribution in [0.5, 0.6) is 0 Å². The van der Waals surface area contributed by atoms with Gasteiger partial charge >= 0.3 is 0 Å². The molecule has 1 aromatic carbocycles. The molecule has 0 N–H and O–H groups in total. The number of thiophene rings is 1. The molecule has 0 spiro atoms. The van der Waals surface area contributed by atoms with Crippen LogP contribution in [0.2, 0.25) is 0 Å². The van der Waals surface area contributed by atoms with Gasteiger partial charge in [0.2, 0.25) is 0 Å². The van der Waals surface area contributed by atoms with Gasteiger partial charge in [0.25, 0.3) is 6.71 Å². The highest BCUT2D eigenvalue weighted by Gasteiger charge is 2.45. The van der Waals surface area contributed by atoms with Gasteiger partial charge in [-0.2, -0.15) is 0 Å². The Morgan fingerprint density at radius 1 is 0.967 bits per heavy atom. The molecule has 3 heterocycles. The zero-order chi connectivity index (χ0) is 45.2. The maximum absolute atomic E-state index is 4.62. The summed E-state index contributed by atoms with van der Waals surface area (Å²) in [6.45, 7) is 55.9. The summed E-state index contributed by atoms with van der Waals surface area (Å²) in [5.74, 6) is 3.05. The fraction of sp³-hybridized carbons (Fsp3) is 0.464. The van der Waals surface area contributed by atoms with E-state index < -0.39 is 0 Å². The van der Waals surface area contributed by atoms with Crippen LogP contribution in [0.15, 0.2) is 147 Å². The van der Waals surface area contributed by atoms with E-state index in [1.807, 2.05) is 29.6 Å². The van der Waals surface area contributed by atoms with E-state index in [-0.39, 0.29) is 47.0 Å². The van der Waals surface area contributed by atoms with Gasteiger partial charge in [-0.25, -0.2) is 0 Å². The molecular formula is C56H78BN3S. The fourth-order valence-corrected chi connectivity index (χ4v) is 11.3. The topological polar surface area (TPSA) is 9.72 Å². The molecule has 3 aliphatic rings. The molecule has 2 aromatic rings. The van der Waals surface area contributed by atoms with Crippen molar-refractivity contribution in [1.29, 1.82) is 0 Å². The highest BCUT2D eigenvalue weighted by molar-refractivity contribution is 7.31. The standard InChI is InChI=1S/C56H78BN3S/c1-19-23-26-41(10)58(44(22-4)25-20-2)32-28-40(9)51(39(7)8)60-37-48-49(33-38(5)6)59(31-24-27-43(21-3)54(12,13)14)52-45-34-46-47(56(17,18)30-29-55(46,15)16)35-50(45)61-53(52)57(48)36-42(60)11/h19-22,24,28,31-32,34-37,40,43-44,49,51H,1-5,7,10,23,25-27,29-30,33H2,6,8-9,11-18H3/b31-24+,32-28+. The van der Waals surface area contributed by atoms with E-state index in [9.17, 15) is 0 Å². The number of anilines is 1. The fourth-order valence-electron chi connectivity index (χ4n) is 10.0. The van der Waals surface area contributed by atoms with Crippen molar-refractivity contribution in [1.82, 2.24) is 9.80 Å². The van der Waals surface area contributed by atoms with Crippen molar-refractivity contribution in [3.63, 3.8) is 0 Å². The normalized spacial score (nSPS) is 20.2. The third-order valence-corrected chi connectivity index (χ3v) is 15.1. The Morgan fingerprint density at radius 3 is 2.18 bits per heavy atom. The van der Waals surface area contributed by atoms with E-state index in [0.29, 0.717) is 5.92 Å². The average molecular weight is 836 g/mol. The number of rotatable bonds is 19. The maximum Gasteiger partial charge on any atom is 0.251 e. The van der Waals surface area contributed by atoms with Crippen molar-refractivity contribution >= 4 is 38.6 Å². The molecule has 1 aromatic heterocycles. The summed E-state index contributed by atoms with van der Waals surface area (Å²) >= 11 is 2.00. The largest absolute Gasteiger partial charge is 0.346 e. The second-order valence-electron chi connectivity index (χ2n) is 20.8. The van der Waals surface area contributed by atoms with Crippen LogP contribution < -0.4 is 9.68 Å². The van der Waals surface area contributed by atoms with E-state index in [4.69, 9.17) is 0 Å². The third kappa shape index (κ3) is 10.0. The van der Waals surface area contributed by atoms with E-state index in [1.54, 1.807) is 0 Å². The SMILES string of the molecule is C=CCCC(=C)N(/C=C/C(C)C(C(=C)C)N1C=C2B(C=C1C)c1sc3cc4c(cc3c1N(/C=C/CC(C=C)C(C)(C)C)C2CC(=C)C)C(C)(C)CCC4(C)C)C(C=C)CC=C. The van der Waals surface area contributed by atoms with E-state index in [2.05, 4.69) is 192 Å². The summed E-state index contributed by atoms with van der Waals surface area (Å²) in [4.78, 5) is 7.41. The zero-order valence-corrected chi connectivity index (χ0v) is 40.9. The van der Waals surface area contributed by atoms with Crippen molar-refractivity contribution < 1.29 is 0 Å². The molecule has 5 unspecified atom stereocenters. The first kappa shape index (κ1) is 47.8. The number of fused-ring (bicyclic) bond motifs is 6. The highest BCUT2D eigenvalue weighted by Crippen LogP contribution is 2.50. The van der Waals surface area contributed by atoms with Crippen LogP contribution in [-0.4, -0.2) is 34.6 Å². The maximum atomic E-state index is 4.62. The molecule has 5 rings (SSSR count). The molecule has 0 radical (unpaired) electrons. The third-order valence-electron chi connectivity index (χ3n) is 13.9. The number of benzene rings is 1. The smallest absolute Gasteiger partial charge is 0.251 e.